The van der Waals surface area contributed by atoms with Crippen LogP contribution in [0.1, 0.15) is 41.5 Å². The molecule has 0 saturated carbocycles. The molecule has 0 fully saturated rings. The van der Waals surface area contributed by atoms with Gasteiger partial charge in [0.05, 0.1) is 6.04 Å². The van der Waals surface area contributed by atoms with Gasteiger partial charge in [-0.1, -0.05) is 31.2 Å². The third-order valence-corrected chi connectivity index (χ3v) is 5.35. The van der Waals surface area contributed by atoms with Gasteiger partial charge in [-0.05, 0) is 47.9 Å². The van der Waals surface area contributed by atoms with Gasteiger partial charge < -0.3 is 10.2 Å². The summed E-state index contributed by atoms with van der Waals surface area (Å²) in [4.78, 5) is 15.8. The summed E-state index contributed by atoms with van der Waals surface area (Å²) in [5, 5.41) is 5.23. The zero-order chi connectivity index (χ0) is 15.5. The first kappa shape index (κ1) is 15.1. The highest BCUT2D eigenvalue weighted by molar-refractivity contribution is 7.10. The monoisotopic (exact) mass is 314 g/mol. The van der Waals surface area contributed by atoms with Crippen molar-refractivity contribution in [2.75, 3.05) is 6.54 Å². The molecule has 0 spiro atoms. The van der Waals surface area contributed by atoms with E-state index in [9.17, 15) is 4.79 Å². The molecule has 3 rings (SSSR count). The topological polar surface area (TPSA) is 32.3 Å². The molecule has 1 atom stereocenters. The van der Waals surface area contributed by atoms with Gasteiger partial charge in [0, 0.05) is 18.0 Å². The molecule has 3 nitrogen and oxygen atoms in total. The van der Waals surface area contributed by atoms with Crippen LogP contribution < -0.4 is 5.32 Å². The highest BCUT2D eigenvalue weighted by atomic mass is 32.1. The van der Waals surface area contributed by atoms with Crippen LogP contribution >= 0.6 is 11.3 Å². The fourth-order valence-corrected chi connectivity index (χ4v) is 3.71. The van der Waals surface area contributed by atoms with Crippen LogP contribution in [-0.2, 0) is 19.4 Å². The second-order valence-corrected chi connectivity index (χ2v) is 6.81. The molecule has 1 aromatic heterocycles. The number of aryl methyl sites for hydroxylation is 1. The van der Waals surface area contributed by atoms with Crippen molar-refractivity contribution in [1.82, 2.24) is 10.2 Å². The van der Waals surface area contributed by atoms with Crippen molar-refractivity contribution in [2.24, 2.45) is 0 Å². The van der Waals surface area contributed by atoms with Crippen molar-refractivity contribution in [2.45, 2.75) is 39.3 Å². The lowest BCUT2D eigenvalue weighted by Crippen LogP contribution is -2.43. The number of amides is 2. The van der Waals surface area contributed by atoms with Crippen molar-refractivity contribution in [3.63, 3.8) is 0 Å². The van der Waals surface area contributed by atoms with Crippen LogP contribution in [0.4, 0.5) is 4.79 Å². The predicted molar refractivity (Wildman–Crippen MR) is 91.2 cm³/mol. The number of benzene rings is 1. The van der Waals surface area contributed by atoms with Gasteiger partial charge in [-0.25, -0.2) is 4.79 Å². The summed E-state index contributed by atoms with van der Waals surface area (Å²) in [5.41, 5.74) is 3.77. The summed E-state index contributed by atoms with van der Waals surface area (Å²) >= 11 is 1.79. The third kappa shape index (κ3) is 3.17. The predicted octanol–water partition coefficient (Wildman–Crippen LogP) is 4.14. The van der Waals surface area contributed by atoms with Gasteiger partial charge in [-0.3, -0.25) is 0 Å². The second-order valence-electron chi connectivity index (χ2n) is 5.81. The average molecular weight is 314 g/mol. The molecule has 22 heavy (non-hydrogen) atoms. The molecule has 2 aromatic rings. The van der Waals surface area contributed by atoms with E-state index in [1.807, 2.05) is 11.8 Å². The number of rotatable bonds is 3. The minimum Gasteiger partial charge on any atom is -0.331 e. The van der Waals surface area contributed by atoms with Gasteiger partial charge in [0.1, 0.15) is 0 Å². The van der Waals surface area contributed by atoms with E-state index < -0.39 is 0 Å². The number of urea groups is 1. The molecule has 1 aliphatic heterocycles. The fourth-order valence-electron chi connectivity index (χ4n) is 2.82. The van der Waals surface area contributed by atoms with Crippen LogP contribution in [0.15, 0.2) is 35.7 Å². The summed E-state index contributed by atoms with van der Waals surface area (Å²) in [5.74, 6) is 0. The van der Waals surface area contributed by atoms with Crippen molar-refractivity contribution in [3.05, 3.63) is 57.3 Å². The van der Waals surface area contributed by atoms with E-state index >= 15 is 0 Å². The number of hydrogen-bond acceptors (Lipinski definition) is 2. The Morgan fingerprint density at radius 2 is 2.09 bits per heavy atom. The quantitative estimate of drug-likeness (QED) is 0.907. The van der Waals surface area contributed by atoms with Gasteiger partial charge in [-0.2, -0.15) is 0 Å². The molecule has 0 aliphatic carbocycles. The maximum absolute atomic E-state index is 12.5. The lowest BCUT2D eigenvalue weighted by atomic mass is 10.1. The van der Waals surface area contributed by atoms with E-state index in [1.54, 1.807) is 11.3 Å². The molecule has 1 N–H and O–H groups in total. The first-order valence-electron chi connectivity index (χ1n) is 7.87. The Morgan fingerprint density at radius 1 is 1.32 bits per heavy atom. The van der Waals surface area contributed by atoms with E-state index in [-0.39, 0.29) is 12.1 Å². The fraction of sp³-hybridized carbons (Fsp3) is 0.389. The highest BCUT2D eigenvalue weighted by Crippen LogP contribution is 2.24. The molecule has 0 radical (unpaired) electrons. The summed E-state index contributed by atoms with van der Waals surface area (Å²) in [6.07, 6.45) is 2.01. The van der Waals surface area contributed by atoms with Crippen LogP contribution in [0, 0.1) is 0 Å². The van der Waals surface area contributed by atoms with E-state index in [0.29, 0.717) is 0 Å². The Balaban J connectivity index is 1.61. The highest BCUT2D eigenvalue weighted by Gasteiger charge is 2.22. The Labute approximate surface area is 136 Å². The third-order valence-electron chi connectivity index (χ3n) is 4.32. The van der Waals surface area contributed by atoms with Gasteiger partial charge in [0.15, 0.2) is 0 Å². The van der Waals surface area contributed by atoms with E-state index in [0.717, 1.165) is 31.5 Å². The first-order valence-corrected chi connectivity index (χ1v) is 8.75. The summed E-state index contributed by atoms with van der Waals surface area (Å²) < 4.78 is 0. The van der Waals surface area contributed by atoms with Crippen molar-refractivity contribution >= 4 is 17.4 Å². The normalized spacial score (nSPS) is 15.3. The van der Waals surface area contributed by atoms with Crippen molar-refractivity contribution < 1.29 is 4.79 Å². The number of carbonyl (C=O) groups excluding carboxylic acids is 1. The number of thiophene rings is 1. The first-order chi connectivity index (χ1) is 10.7. The zero-order valence-electron chi connectivity index (χ0n) is 13.1. The van der Waals surface area contributed by atoms with E-state index in [2.05, 4.69) is 48.0 Å². The molecular weight excluding hydrogens is 292 g/mol. The molecular formula is C18H22N2OS. The Morgan fingerprint density at radius 3 is 2.82 bits per heavy atom. The van der Waals surface area contributed by atoms with Crippen LogP contribution in [0.3, 0.4) is 0 Å². The molecule has 1 unspecified atom stereocenters. The number of carbonyl (C=O) groups is 1. The SMILES string of the molecule is CCc1ccc(C(C)NC(=O)N2CCc3sccc3C2)cc1. The average Bonchev–Trinajstić information content (AvgIpc) is 3.02. The molecule has 1 aliphatic rings. The van der Waals surface area contributed by atoms with Gasteiger partial charge in [0.2, 0.25) is 0 Å². The van der Waals surface area contributed by atoms with Crippen molar-refractivity contribution in [1.29, 1.82) is 0 Å². The maximum Gasteiger partial charge on any atom is 0.318 e. The summed E-state index contributed by atoms with van der Waals surface area (Å²) in [6, 6.07) is 10.7. The van der Waals surface area contributed by atoms with E-state index in [4.69, 9.17) is 0 Å². The lowest BCUT2D eigenvalue weighted by Gasteiger charge is -2.28. The minimum absolute atomic E-state index is 0.0299. The number of nitrogens with one attached hydrogen (secondary N) is 1. The summed E-state index contributed by atoms with van der Waals surface area (Å²) in [7, 11) is 0. The standard InChI is InChI=1S/C18H22N2OS/c1-3-14-4-6-15(7-5-14)13(2)19-18(21)20-10-8-17-16(12-20)9-11-22-17/h4-7,9,11,13H,3,8,10,12H2,1-2H3,(H,19,21). The molecule has 0 bridgehead atoms. The van der Waals surface area contributed by atoms with Crippen LogP contribution in [-0.4, -0.2) is 17.5 Å². The molecule has 1 aromatic carbocycles. The molecule has 116 valence electrons. The van der Waals surface area contributed by atoms with Crippen LogP contribution in [0.25, 0.3) is 0 Å². The molecule has 0 saturated heterocycles. The number of hydrogen-bond donors (Lipinski definition) is 1. The molecule has 2 heterocycles. The zero-order valence-corrected chi connectivity index (χ0v) is 14.0. The van der Waals surface area contributed by atoms with E-state index in [1.165, 1.54) is 16.0 Å². The van der Waals surface area contributed by atoms with Gasteiger partial charge in [0.25, 0.3) is 0 Å². The Hall–Kier alpha value is -1.81. The minimum atomic E-state index is 0.0299. The summed E-state index contributed by atoms with van der Waals surface area (Å²) in [6.45, 7) is 5.72. The smallest absolute Gasteiger partial charge is 0.318 e. The number of fused-ring (bicyclic) bond motifs is 1. The number of nitrogens with zero attached hydrogens (tertiary/aromatic N) is 1. The van der Waals surface area contributed by atoms with Gasteiger partial charge in [-0.15, -0.1) is 11.3 Å². The molecule has 4 heteroatoms. The lowest BCUT2D eigenvalue weighted by molar-refractivity contribution is 0.189. The maximum atomic E-state index is 12.5. The van der Waals surface area contributed by atoms with Gasteiger partial charge >= 0.3 is 6.03 Å². The second kappa shape index (κ2) is 6.53. The van der Waals surface area contributed by atoms with Crippen LogP contribution in [0.2, 0.25) is 0 Å². The largest absolute Gasteiger partial charge is 0.331 e. The van der Waals surface area contributed by atoms with Crippen molar-refractivity contribution in [3.8, 4) is 0 Å². The molecule has 2 amide bonds. The van der Waals surface area contributed by atoms with Crippen LogP contribution in [0.5, 0.6) is 0 Å². The Kier molecular flexibility index (Phi) is 4.48. The Bertz CT molecular complexity index is 647.